The van der Waals surface area contributed by atoms with Crippen molar-refractivity contribution in [3.8, 4) is 5.88 Å². The van der Waals surface area contributed by atoms with Crippen LogP contribution in [0.1, 0.15) is 32.0 Å². The second-order valence-electron chi connectivity index (χ2n) is 2.59. The largest absolute Gasteiger partial charge is 0.477 e. The summed E-state index contributed by atoms with van der Waals surface area (Å²) in [5, 5.41) is 13.1. The van der Waals surface area contributed by atoms with E-state index in [1.807, 2.05) is 27.7 Å². The normalized spacial score (nSPS) is 9.29. The number of aliphatic hydroxyl groups is 1. The molecule has 0 spiro atoms. The van der Waals surface area contributed by atoms with Gasteiger partial charge < -0.3 is 9.84 Å². The Labute approximate surface area is 85.5 Å². The predicted molar refractivity (Wildman–Crippen MR) is 56.4 cm³/mol. The molecule has 1 rings (SSSR count). The Morgan fingerprint density at radius 3 is 2.36 bits per heavy atom. The highest BCUT2D eigenvalue weighted by atomic mass is 16.5. The summed E-state index contributed by atoms with van der Waals surface area (Å²) in [4.78, 5) is 0. The summed E-state index contributed by atoms with van der Waals surface area (Å²) < 4.78 is 6.90. The predicted octanol–water partition coefficient (Wildman–Crippen LogP) is 1.65. The second kappa shape index (κ2) is 6.43. The van der Waals surface area contributed by atoms with E-state index in [0.717, 1.165) is 11.3 Å². The Hall–Kier alpha value is -1.03. The van der Waals surface area contributed by atoms with Gasteiger partial charge in [0.05, 0.1) is 18.9 Å². The van der Waals surface area contributed by atoms with Gasteiger partial charge in [-0.1, -0.05) is 13.8 Å². The number of rotatable bonds is 3. The molecule has 82 valence electrons. The van der Waals surface area contributed by atoms with Crippen LogP contribution in [-0.4, -0.2) is 21.5 Å². The summed E-state index contributed by atoms with van der Waals surface area (Å²) in [6.45, 7) is 8.40. The number of hydrogen-bond donors (Lipinski definition) is 1. The Kier molecular flexibility index (Phi) is 5.95. The van der Waals surface area contributed by atoms with Crippen LogP contribution in [0, 0.1) is 6.92 Å². The van der Waals surface area contributed by atoms with Gasteiger partial charge >= 0.3 is 0 Å². The summed E-state index contributed by atoms with van der Waals surface area (Å²) in [5.41, 5.74) is 1.72. The van der Waals surface area contributed by atoms with Gasteiger partial charge in [0.2, 0.25) is 5.88 Å². The molecule has 4 nitrogen and oxygen atoms in total. The summed E-state index contributed by atoms with van der Waals surface area (Å²) in [6, 6.07) is 0. The van der Waals surface area contributed by atoms with Gasteiger partial charge in [-0.3, -0.25) is 4.68 Å². The Bertz CT molecular complexity index is 269. The van der Waals surface area contributed by atoms with E-state index in [1.54, 1.807) is 11.7 Å². The van der Waals surface area contributed by atoms with Crippen molar-refractivity contribution in [1.82, 2.24) is 9.78 Å². The summed E-state index contributed by atoms with van der Waals surface area (Å²) in [6.07, 6.45) is 0. The molecule has 0 aromatic carbocycles. The molecule has 0 aliphatic rings. The van der Waals surface area contributed by atoms with E-state index < -0.39 is 0 Å². The van der Waals surface area contributed by atoms with Crippen LogP contribution in [0.2, 0.25) is 0 Å². The molecule has 1 heterocycles. The smallest absolute Gasteiger partial charge is 0.236 e. The van der Waals surface area contributed by atoms with E-state index in [9.17, 15) is 0 Å². The van der Waals surface area contributed by atoms with Crippen LogP contribution in [-0.2, 0) is 13.7 Å². The van der Waals surface area contributed by atoms with Crippen LogP contribution < -0.4 is 4.74 Å². The molecular weight excluding hydrogens is 180 g/mol. The Morgan fingerprint density at radius 2 is 2.00 bits per heavy atom. The fourth-order valence-corrected chi connectivity index (χ4v) is 1.13. The molecule has 0 atom stereocenters. The molecule has 0 aliphatic carbocycles. The van der Waals surface area contributed by atoms with Gasteiger partial charge in [-0.25, -0.2) is 0 Å². The minimum absolute atomic E-state index is 0.00239. The average molecular weight is 200 g/mol. The standard InChI is InChI=1S/C8H14N2O2.C2H6/c1-4-12-8-6(2)7(5-11)10(3)9-8;1-2/h11H,4-5H2,1-3H3;1-2H3. The average Bonchev–Trinajstić information content (AvgIpc) is 2.46. The van der Waals surface area contributed by atoms with Crippen molar-refractivity contribution < 1.29 is 9.84 Å². The van der Waals surface area contributed by atoms with Crippen LogP contribution in [0.5, 0.6) is 5.88 Å². The SMILES string of the molecule is CC.CCOc1nn(C)c(CO)c1C. The molecule has 14 heavy (non-hydrogen) atoms. The van der Waals surface area contributed by atoms with Gasteiger partial charge in [0.15, 0.2) is 0 Å². The van der Waals surface area contributed by atoms with Gasteiger partial charge in [0, 0.05) is 12.6 Å². The monoisotopic (exact) mass is 200 g/mol. The zero-order chi connectivity index (χ0) is 11.1. The minimum Gasteiger partial charge on any atom is -0.477 e. The molecule has 0 saturated heterocycles. The maximum absolute atomic E-state index is 8.96. The maximum atomic E-state index is 8.96. The van der Waals surface area contributed by atoms with Crippen LogP contribution in [0.15, 0.2) is 0 Å². The molecule has 0 radical (unpaired) electrons. The molecule has 0 saturated carbocycles. The molecule has 0 unspecified atom stereocenters. The van der Waals surface area contributed by atoms with E-state index in [0.29, 0.717) is 12.5 Å². The lowest BCUT2D eigenvalue weighted by Gasteiger charge is -1.98. The van der Waals surface area contributed by atoms with Crippen molar-refractivity contribution in [2.75, 3.05) is 6.61 Å². The first-order chi connectivity index (χ1) is 6.70. The van der Waals surface area contributed by atoms with Crippen molar-refractivity contribution in [3.05, 3.63) is 11.3 Å². The molecular formula is C10H20N2O2. The van der Waals surface area contributed by atoms with Crippen molar-refractivity contribution in [3.63, 3.8) is 0 Å². The molecule has 1 aromatic rings. The lowest BCUT2D eigenvalue weighted by Crippen LogP contribution is -1.98. The highest BCUT2D eigenvalue weighted by Crippen LogP contribution is 2.19. The van der Waals surface area contributed by atoms with E-state index in [-0.39, 0.29) is 6.61 Å². The molecule has 1 N–H and O–H groups in total. The maximum Gasteiger partial charge on any atom is 0.236 e. The summed E-state index contributed by atoms with van der Waals surface area (Å²) in [5.74, 6) is 0.615. The molecule has 0 amide bonds. The van der Waals surface area contributed by atoms with E-state index in [2.05, 4.69) is 5.10 Å². The van der Waals surface area contributed by atoms with Gasteiger partial charge in [-0.15, -0.1) is 5.10 Å². The molecule has 0 bridgehead atoms. The zero-order valence-corrected chi connectivity index (χ0v) is 9.66. The number of aromatic nitrogens is 2. The lowest BCUT2D eigenvalue weighted by atomic mass is 10.3. The topological polar surface area (TPSA) is 47.3 Å². The van der Waals surface area contributed by atoms with Crippen molar-refractivity contribution >= 4 is 0 Å². The zero-order valence-electron chi connectivity index (χ0n) is 9.66. The Balaban J connectivity index is 0.000000791. The van der Waals surface area contributed by atoms with Crippen molar-refractivity contribution in [2.45, 2.75) is 34.3 Å². The number of ether oxygens (including phenoxy) is 1. The quantitative estimate of drug-likeness (QED) is 0.807. The van der Waals surface area contributed by atoms with Crippen molar-refractivity contribution in [1.29, 1.82) is 0 Å². The third-order valence-electron chi connectivity index (χ3n) is 1.82. The Morgan fingerprint density at radius 1 is 1.43 bits per heavy atom. The molecule has 0 fully saturated rings. The third-order valence-corrected chi connectivity index (χ3v) is 1.82. The van der Waals surface area contributed by atoms with Crippen LogP contribution >= 0.6 is 0 Å². The summed E-state index contributed by atoms with van der Waals surface area (Å²) >= 11 is 0. The van der Waals surface area contributed by atoms with Crippen LogP contribution in [0.4, 0.5) is 0 Å². The third kappa shape index (κ3) is 2.73. The van der Waals surface area contributed by atoms with Crippen LogP contribution in [0.25, 0.3) is 0 Å². The highest BCUT2D eigenvalue weighted by molar-refractivity contribution is 5.29. The fraction of sp³-hybridized carbons (Fsp3) is 0.700. The number of hydrogen-bond acceptors (Lipinski definition) is 3. The second-order valence-corrected chi connectivity index (χ2v) is 2.59. The first kappa shape index (κ1) is 13.0. The van der Waals surface area contributed by atoms with Gasteiger partial charge in [0.1, 0.15) is 0 Å². The lowest BCUT2D eigenvalue weighted by molar-refractivity contribution is 0.270. The fourth-order valence-electron chi connectivity index (χ4n) is 1.13. The first-order valence-corrected chi connectivity index (χ1v) is 4.96. The number of aliphatic hydroxyl groups excluding tert-OH is 1. The minimum atomic E-state index is 0.00239. The van der Waals surface area contributed by atoms with Crippen molar-refractivity contribution in [2.24, 2.45) is 7.05 Å². The highest BCUT2D eigenvalue weighted by Gasteiger charge is 2.11. The van der Waals surface area contributed by atoms with Gasteiger partial charge in [0.25, 0.3) is 0 Å². The van der Waals surface area contributed by atoms with Gasteiger partial charge in [-0.2, -0.15) is 0 Å². The van der Waals surface area contributed by atoms with E-state index >= 15 is 0 Å². The molecule has 4 heteroatoms. The van der Waals surface area contributed by atoms with Crippen LogP contribution in [0.3, 0.4) is 0 Å². The molecule has 1 aromatic heterocycles. The number of aryl methyl sites for hydroxylation is 1. The number of nitrogens with zero attached hydrogens (tertiary/aromatic N) is 2. The first-order valence-electron chi connectivity index (χ1n) is 4.96. The van der Waals surface area contributed by atoms with E-state index in [4.69, 9.17) is 9.84 Å². The van der Waals surface area contributed by atoms with E-state index in [1.165, 1.54) is 0 Å². The molecule has 0 aliphatic heterocycles. The summed E-state index contributed by atoms with van der Waals surface area (Å²) in [7, 11) is 1.79. The van der Waals surface area contributed by atoms with Gasteiger partial charge in [-0.05, 0) is 13.8 Å².